The van der Waals surface area contributed by atoms with Crippen LogP contribution in [0.1, 0.15) is 0 Å². The third-order valence-corrected chi connectivity index (χ3v) is 12.5. The van der Waals surface area contributed by atoms with E-state index < -0.39 is 0 Å². The van der Waals surface area contributed by atoms with Gasteiger partial charge in [-0.15, -0.1) is 11.3 Å². The number of hydrogen-bond donors (Lipinski definition) is 0. The summed E-state index contributed by atoms with van der Waals surface area (Å²) in [6.07, 6.45) is 0. The van der Waals surface area contributed by atoms with Gasteiger partial charge in [0.05, 0.1) is 27.1 Å². The van der Waals surface area contributed by atoms with Gasteiger partial charge in [0.25, 0.3) is 0 Å². The van der Waals surface area contributed by atoms with Gasteiger partial charge in [0, 0.05) is 59.4 Å². The second-order valence-corrected chi connectivity index (χ2v) is 15.5. The second kappa shape index (κ2) is 12.6. The summed E-state index contributed by atoms with van der Waals surface area (Å²) in [6, 6.07) is 66.5. The molecule has 0 saturated carbocycles. The van der Waals surface area contributed by atoms with Crippen molar-refractivity contribution >= 4 is 75.3 Å². The van der Waals surface area contributed by atoms with E-state index in [4.69, 9.17) is 14.4 Å². The van der Waals surface area contributed by atoms with Crippen LogP contribution in [-0.4, -0.2) is 14.5 Å². The van der Waals surface area contributed by atoms with Crippen LogP contribution < -0.4 is 0 Å². The van der Waals surface area contributed by atoms with Crippen molar-refractivity contribution < 1.29 is 4.42 Å². The van der Waals surface area contributed by atoms with Crippen molar-refractivity contribution in [3.8, 4) is 50.7 Å². The standard InChI is InChI=1S/C52H31N3OS/c1-3-12-32(13-4-1)33-22-24-34(25-23-33)44-31-45(54-52(53-44)35-26-27-39-38-17-8-10-21-47(38)56-48(39)30-35)43-19-11-18-41-42-29-28-40-37-16-7-9-20-46(37)55(36-14-5-2-6-15-36)49(40)51(42)57-50(41)43/h1-31H. The molecule has 0 aliphatic heterocycles. The zero-order chi connectivity index (χ0) is 37.5. The zero-order valence-corrected chi connectivity index (χ0v) is 31.4. The predicted molar refractivity (Wildman–Crippen MR) is 238 cm³/mol. The average molecular weight is 746 g/mol. The van der Waals surface area contributed by atoms with E-state index in [0.717, 1.165) is 55.7 Å². The van der Waals surface area contributed by atoms with Crippen molar-refractivity contribution in [2.24, 2.45) is 0 Å². The first-order valence-corrected chi connectivity index (χ1v) is 20.0. The first-order chi connectivity index (χ1) is 28.2. The summed E-state index contributed by atoms with van der Waals surface area (Å²) in [7, 11) is 0. The molecule has 266 valence electrons. The van der Waals surface area contributed by atoms with E-state index in [9.17, 15) is 0 Å². The van der Waals surface area contributed by atoms with Gasteiger partial charge in [-0.2, -0.15) is 0 Å². The van der Waals surface area contributed by atoms with Gasteiger partial charge in [-0.3, -0.25) is 0 Å². The molecule has 4 nitrogen and oxygen atoms in total. The Kier molecular flexibility index (Phi) is 7.06. The van der Waals surface area contributed by atoms with Crippen LogP contribution in [0.2, 0.25) is 0 Å². The number of benzene rings is 8. The van der Waals surface area contributed by atoms with Crippen molar-refractivity contribution in [1.82, 2.24) is 14.5 Å². The molecule has 5 heteroatoms. The van der Waals surface area contributed by atoms with E-state index in [1.165, 1.54) is 53.1 Å². The highest BCUT2D eigenvalue weighted by molar-refractivity contribution is 7.27. The maximum absolute atomic E-state index is 6.33. The molecule has 0 atom stereocenters. The summed E-state index contributed by atoms with van der Waals surface area (Å²) in [6.45, 7) is 0. The van der Waals surface area contributed by atoms with Crippen molar-refractivity contribution in [2.45, 2.75) is 0 Å². The van der Waals surface area contributed by atoms with Gasteiger partial charge in [0.1, 0.15) is 11.2 Å². The lowest BCUT2D eigenvalue weighted by atomic mass is 10.0. The molecular formula is C52H31N3OS. The molecule has 0 fully saturated rings. The highest BCUT2D eigenvalue weighted by Gasteiger charge is 2.21. The van der Waals surface area contributed by atoms with Crippen LogP contribution in [-0.2, 0) is 0 Å². The Morgan fingerprint density at radius 2 is 1.02 bits per heavy atom. The largest absolute Gasteiger partial charge is 0.456 e. The fourth-order valence-corrected chi connectivity index (χ4v) is 9.90. The van der Waals surface area contributed by atoms with Crippen molar-refractivity contribution in [3.63, 3.8) is 0 Å². The van der Waals surface area contributed by atoms with Crippen LogP contribution >= 0.6 is 11.3 Å². The Bertz CT molecular complexity index is 3510. The highest BCUT2D eigenvalue weighted by Crippen LogP contribution is 2.46. The van der Waals surface area contributed by atoms with Gasteiger partial charge >= 0.3 is 0 Å². The summed E-state index contributed by atoms with van der Waals surface area (Å²) in [5, 5.41) is 7.14. The van der Waals surface area contributed by atoms with Gasteiger partial charge in [-0.25, -0.2) is 9.97 Å². The molecule has 4 heterocycles. The van der Waals surface area contributed by atoms with Crippen LogP contribution in [0, 0.1) is 0 Å². The van der Waals surface area contributed by atoms with Crippen LogP contribution in [0.4, 0.5) is 0 Å². The van der Waals surface area contributed by atoms with E-state index in [1.54, 1.807) is 0 Å². The summed E-state index contributed by atoms with van der Waals surface area (Å²) >= 11 is 1.85. The molecule has 0 amide bonds. The van der Waals surface area contributed by atoms with E-state index in [-0.39, 0.29) is 0 Å². The molecule has 0 aliphatic carbocycles. The first-order valence-electron chi connectivity index (χ1n) is 19.1. The van der Waals surface area contributed by atoms with Gasteiger partial charge in [0.2, 0.25) is 0 Å². The number of hydrogen-bond acceptors (Lipinski definition) is 4. The number of rotatable bonds is 5. The van der Waals surface area contributed by atoms with Crippen LogP contribution in [0.5, 0.6) is 0 Å². The molecular weight excluding hydrogens is 715 g/mol. The van der Waals surface area contributed by atoms with Gasteiger partial charge in [-0.1, -0.05) is 146 Å². The van der Waals surface area contributed by atoms with Crippen LogP contribution in [0.15, 0.2) is 192 Å². The number of fused-ring (bicyclic) bond motifs is 10. The quantitative estimate of drug-likeness (QED) is 0.176. The molecule has 12 rings (SSSR count). The van der Waals surface area contributed by atoms with Gasteiger partial charge < -0.3 is 8.98 Å². The average Bonchev–Trinajstić information content (AvgIpc) is 3.96. The molecule has 0 radical (unpaired) electrons. The molecule has 0 saturated heterocycles. The SMILES string of the molecule is c1ccc(-c2ccc(-c3cc(-c4cccc5c4sc4c5ccc5c6ccccc6n(-c6ccccc6)c54)nc(-c4ccc5c(c4)oc4ccccc45)n3)cc2)cc1. The maximum atomic E-state index is 6.33. The molecule has 8 aromatic carbocycles. The van der Waals surface area contributed by atoms with Crippen LogP contribution in [0.3, 0.4) is 0 Å². The molecule has 0 aliphatic rings. The third kappa shape index (κ3) is 5.06. The maximum Gasteiger partial charge on any atom is 0.160 e. The number of thiophene rings is 1. The minimum atomic E-state index is 0.654. The van der Waals surface area contributed by atoms with Crippen molar-refractivity contribution in [1.29, 1.82) is 0 Å². The van der Waals surface area contributed by atoms with E-state index in [1.807, 2.05) is 35.6 Å². The summed E-state index contributed by atoms with van der Waals surface area (Å²) in [4.78, 5) is 10.6. The lowest BCUT2D eigenvalue weighted by Gasteiger charge is -2.11. The Labute approximate surface area is 331 Å². The van der Waals surface area contributed by atoms with Gasteiger partial charge in [-0.05, 0) is 53.6 Å². The summed E-state index contributed by atoms with van der Waals surface area (Å²) < 4.78 is 11.2. The minimum Gasteiger partial charge on any atom is -0.456 e. The molecule has 0 bridgehead atoms. The van der Waals surface area contributed by atoms with E-state index in [2.05, 4.69) is 168 Å². The Morgan fingerprint density at radius 3 is 1.88 bits per heavy atom. The topological polar surface area (TPSA) is 43.9 Å². The Hall–Kier alpha value is -7.34. The molecule has 12 aromatic rings. The number of nitrogens with zero attached hydrogens (tertiary/aromatic N) is 3. The normalized spacial score (nSPS) is 11.9. The molecule has 57 heavy (non-hydrogen) atoms. The summed E-state index contributed by atoms with van der Waals surface area (Å²) in [5.74, 6) is 0.654. The Balaban J connectivity index is 1.09. The third-order valence-electron chi connectivity index (χ3n) is 11.2. The Morgan fingerprint density at radius 1 is 0.404 bits per heavy atom. The monoisotopic (exact) mass is 745 g/mol. The van der Waals surface area contributed by atoms with Crippen molar-refractivity contribution in [2.75, 3.05) is 0 Å². The summed E-state index contributed by atoms with van der Waals surface area (Å²) in [5.41, 5.74) is 12.4. The number of para-hydroxylation sites is 3. The number of aromatic nitrogens is 3. The fourth-order valence-electron chi connectivity index (χ4n) is 8.54. The lowest BCUT2D eigenvalue weighted by Crippen LogP contribution is -1.96. The van der Waals surface area contributed by atoms with Crippen molar-refractivity contribution in [3.05, 3.63) is 188 Å². The van der Waals surface area contributed by atoms with Gasteiger partial charge in [0.15, 0.2) is 5.82 Å². The predicted octanol–water partition coefficient (Wildman–Crippen LogP) is 14.5. The second-order valence-electron chi connectivity index (χ2n) is 14.5. The van der Waals surface area contributed by atoms with E-state index in [0.29, 0.717) is 5.82 Å². The lowest BCUT2D eigenvalue weighted by molar-refractivity contribution is 0.669. The molecule has 0 N–H and O–H groups in total. The minimum absolute atomic E-state index is 0.654. The van der Waals surface area contributed by atoms with Crippen LogP contribution in [0.25, 0.3) is 115 Å². The zero-order valence-electron chi connectivity index (χ0n) is 30.6. The number of furan rings is 1. The molecule has 0 unspecified atom stereocenters. The van der Waals surface area contributed by atoms with E-state index >= 15 is 0 Å². The fraction of sp³-hybridized carbons (Fsp3) is 0. The smallest absolute Gasteiger partial charge is 0.160 e. The first kappa shape index (κ1) is 32.0. The highest BCUT2D eigenvalue weighted by atomic mass is 32.1. The molecule has 4 aromatic heterocycles. The molecule has 0 spiro atoms.